The fourth-order valence-corrected chi connectivity index (χ4v) is 2.46. The van der Waals surface area contributed by atoms with Crippen LogP contribution < -0.4 is 5.73 Å². The minimum Gasteiger partial charge on any atom is -0.387 e. The number of fused-ring (bicyclic) bond motifs is 1. The molecule has 1 aromatic heterocycles. The van der Waals surface area contributed by atoms with E-state index in [9.17, 15) is 0 Å². The molecule has 4 heteroatoms. The van der Waals surface area contributed by atoms with Crippen molar-refractivity contribution in [2.24, 2.45) is 11.1 Å². The summed E-state index contributed by atoms with van der Waals surface area (Å²) >= 11 is 0. The van der Waals surface area contributed by atoms with Crippen molar-refractivity contribution >= 4 is 16.9 Å². The van der Waals surface area contributed by atoms with Gasteiger partial charge in [-0.3, -0.25) is 5.41 Å². The number of nitrogens with one attached hydrogen (secondary N) is 1. The number of aromatic nitrogens is 2. The average Bonchev–Trinajstić information content (AvgIpc) is 2.77. The third-order valence-corrected chi connectivity index (χ3v) is 3.96. The second-order valence-electron chi connectivity index (χ2n) is 5.92. The number of para-hydroxylation sites is 2. The van der Waals surface area contributed by atoms with Crippen molar-refractivity contribution in [2.75, 3.05) is 0 Å². The third-order valence-electron chi connectivity index (χ3n) is 3.96. The van der Waals surface area contributed by atoms with Crippen molar-refractivity contribution in [2.45, 2.75) is 46.6 Å². The SMILES string of the molecule is CCc1nc2ccccc2n1CCCC(C)(C)C(=N)N. The maximum Gasteiger partial charge on any atom is 0.109 e. The maximum atomic E-state index is 7.62. The van der Waals surface area contributed by atoms with Gasteiger partial charge in [-0.25, -0.2) is 4.98 Å². The summed E-state index contributed by atoms with van der Waals surface area (Å²) in [6, 6.07) is 8.26. The molecule has 3 N–H and O–H groups in total. The fourth-order valence-electron chi connectivity index (χ4n) is 2.46. The van der Waals surface area contributed by atoms with Crippen LogP contribution >= 0.6 is 0 Å². The van der Waals surface area contributed by atoms with Crippen LogP contribution in [-0.2, 0) is 13.0 Å². The van der Waals surface area contributed by atoms with Gasteiger partial charge in [0.15, 0.2) is 0 Å². The number of amidine groups is 1. The van der Waals surface area contributed by atoms with Crippen molar-refractivity contribution in [3.63, 3.8) is 0 Å². The molecule has 0 spiro atoms. The van der Waals surface area contributed by atoms with Crippen molar-refractivity contribution in [1.82, 2.24) is 9.55 Å². The number of rotatable bonds is 6. The Labute approximate surface area is 120 Å². The summed E-state index contributed by atoms with van der Waals surface area (Å²) in [5.41, 5.74) is 7.68. The molecule has 2 aromatic rings. The molecule has 0 amide bonds. The summed E-state index contributed by atoms with van der Waals surface area (Å²) in [4.78, 5) is 4.68. The van der Waals surface area contributed by atoms with Crippen LogP contribution in [0.4, 0.5) is 0 Å². The second-order valence-corrected chi connectivity index (χ2v) is 5.92. The number of hydrogen-bond acceptors (Lipinski definition) is 2. The first kappa shape index (κ1) is 14.6. The smallest absolute Gasteiger partial charge is 0.109 e. The van der Waals surface area contributed by atoms with E-state index in [1.54, 1.807) is 0 Å². The highest BCUT2D eigenvalue weighted by atomic mass is 15.1. The molecular weight excluding hydrogens is 248 g/mol. The molecule has 20 heavy (non-hydrogen) atoms. The monoisotopic (exact) mass is 272 g/mol. The number of benzene rings is 1. The molecule has 0 radical (unpaired) electrons. The maximum absolute atomic E-state index is 7.62. The molecule has 2 rings (SSSR count). The van der Waals surface area contributed by atoms with E-state index in [0.29, 0.717) is 0 Å². The summed E-state index contributed by atoms with van der Waals surface area (Å²) in [5.74, 6) is 1.40. The lowest BCUT2D eigenvalue weighted by molar-refractivity contribution is 0.429. The molecule has 4 nitrogen and oxygen atoms in total. The lowest BCUT2D eigenvalue weighted by Crippen LogP contribution is -2.31. The highest BCUT2D eigenvalue weighted by Gasteiger charge is 2.21. The van der Waals surface area contributed by atoms with Gasteiger partial charge in [-0.05, 0) is 25.0 Å². The van der Waals surface area contributed by atoms with Gasteiger partial charge in [0.05, 0.1) is 16.9 Å². The molecule has 0 saturated heterocycles. The standard InChI is InChI=1S/C16H24N4/c1-4-14-19-12-8-5-6-9-13(12)20(14)11-7-10-16(2,3)15(17)18/h5-6,8-9H,4,7,10-11H2,1-3H3,(H3,17,18). The largest absolute Gasteiger partial charge is 0.387 e. The van der Waals surface area contributed by atoms with Gasteiger partial charge in [0.1, 0.15) is 5.82 Å². The van der Waals surface area contributed by atoms with Gasteiger partial charge < -0.3 is 10.3 Å². The average molecular weight is 272 g/mol. The molecule has 0 aliphatic heterocycles. The third kappa shape index (κ3) is 2.84. The lowest BCUT2D eigenvalue weighted by atomic mass is 9.86. The molecule has 0 unspecified atom stereocenters. The minimum atomic E-state index is -0.219. The van der Waals surface area contributed by atoms with E-state index in [2.05, 4.69) is 34.7 Å². The summed E-state index contributed by atoms with van der Waals surface area (Å²) in [5, 5.41) is 7.62. The van der Waals surface area contributed by atoms with Gasteiger partial charge >= 0.3 is 0 Å². The van der Waals surface area contributed by atoms with E-state index in [1.807, 2.05) is 19.9 Å². The van der Waals surface area contributed by atoms with Crippen LogP contribution in [-0.4, -0.2) is 15.4 Å². The number of imidazole rings is 1. The first-order valence-electron chi connectivity index (χ1n) is 7.24. The topological polar surface area (TPSA) is 67.7 Å². The number of aryl methyl sites for hydroxylation is 2. The Balaban J connectivity index is 2.15. The summed E-state index contributed by atoms with van der Waals surface area (Å²) in [6.45, 7) is 7.13. The molecule has 0 aliphatic carbocycles. The minimum absolute atomic E-state index is 0.219. The second kappa shape index (κ2) is 5.65. The molecule has 0 atom stereocenters. The van der Waals surface area contributed by atoms with E-state index in [1.165, 1.54) is 5.52 Å². The van der Waals surface area contributed by atoms with E-state index in [0.717, 1.165) is 37.1 Å². The highest BCUT2D eigenvalue weighted by molar-refractivity contribution is 5.82. The Kier molecular flexibility index (Phi) is 4.12. The molecule has 1 heterocycles. The van der Waals surface area contributed by atoms with Crippen LogP contribution in [0.3, 0.4) is 0 Å². The van der Waals surface area contributed by atoms with Gasteiger partial charge in [-0.15, -0.1) is 0 Å². The molecular formula is C16H24N4. The number of nitrogens with two attached hydrogens (primary N) is 1. The first-order chi connectivity index (χ1) is 9.45. The van der Waals surface area contributed by atoms with Crippen LogP contribution in [0, 0.1) is 10.8 Å². The summed E-state index contributed by atoms with van der Waals surface area (Å²) in [7, 11) is 0. The van der Waals surface area contributed by atoms with Crippen molar-refractivity contribution in [3.05, 3.63) is 30.1 Å². The molecule has 108 valence electrons. The van der Waals surface area contributed by atoms with Gasteiger partial charge in [-0.2, -0.15) is 0 Å². The molecule has 0 aliphatic rings. The van der Waals surface area contributed by atoms with Crippen molar-refractivity contribution in [1.29, 1.82) is 5.41 Å². The highest BCUT2D eigenvalue weighted by Crippen LogP contribution is 2.24. The van der Waals surface area contributed by atoms with E-state index >= 15 is 0 Å². The van der Waals surface area contributed by atoms with E-state index < -0.39 is 0 Å². The zero-order chi connectivity index (χ0) is 14.8. The van der Waals surface area contributed by atoms with Crippen LogP contribution in [0.15, 0.2) is 24.3 Å². The Hall–Kier alpha value is -1.84. The van der Waals surface area contributed by atoms with E-state index in [4.69, 9.17) is 11.1 Å². The molecule has 0 saturated carbocycles. The number of nitrogens with zero attached hydrogens (tertiary/aromatic N) is 2. The quantitative estimate of drug-likeness (QED) is 0.625. The van der Waals surface area contributed by atoms with Gasteiger partial charge in [0, 0.05) is 18.4 Å². The van der Waals surface area contributed by atoms with Crippen molar-refractivity contribution < 1.29 is 0 Å². The molecule has 0 fully saturated rings. The zero-order valence-corrected chi connectivity index (χ0v) is 12.6. The predicted molar refractivity (Wildman–Crippen MR) is 84.0 cm³/mol. The Bertz CT molecular complexity index is 610. The predicted octanol–water partition coefficient (Wildman–Crippen LogP) is 3.34. The normalized spacial score (nSPS) is 11.9. The molecule has 0 bridgehead atoms. The van der Waals surface area contributed by atoms with Crippen LogP contribution in [0.1, 0.15) is 39.4 Å². The van der Waals surface area contributed by atoms with Crippen LogP contribution in [0.2, 0.25) is 0 Å². The van der Waals surface area contributed by atoms with E-state index in [-0.39, 0.29) is 11.3 Å². The lowest BCUT2D eigenvalue weighted by Gasteiger charge is -2.23. The van der Waals surface area contributed by atoms with Gasteiger partial charge in [0.25, 0.3) is 0 Å². The van der Waals surface area contributed by atoms with Gasteiger partial charge in [-0.1, -0.05) is 32.9 Å². The van der Waals surface area contributed by atoms with Crippen LogP contribution in [0.25, 0.3) is 11.0 Å². The number of hydrogen-bond donors (Lipinski definition) is 2. The Morgan fingerprint density at radius 2 is 2.05 bits per heavy atom. The first-order valence-corrected chi connectivity index (χ1v) is 7.24. The fraction of sp³-hybridized carbons (Fsp3) is 0.500. The Morgan fingerprint density at radius 3 is 2.70 bits per heavy atom. The van der Waals surface area contributed by atoms with Crippen molar-refractivity contribution in [3.8, 4) is 0 Å². The Morgan fingerprint density at radius 1 is 1.35 bits per heavy atom. The van der Waals surface area contributed by atoms with Gasteiger partial charge in [0.2, 0.25) is 0 Å². The zero-order valence-electron chi connectivity index (χ0n) is 12.6. The summed E-state index contributed by atoms with van der Waals surface area (Å²) in [6.07, 6.45) is 2.85. The summed E-state index contributed by atoms with van der Waals surface area (Å²) < 4.78 is 2.30. The van der Waals surface area contributed by atoms with Crippen LogP contribution in [0.5, 0.6) is 0 Å². The molecule has 1 aromatic carbocycles.